The van der Waals surface area contributed by atoms with E-state index in [0.29, 0.717) is 11.1 Å². The van der Waals surface area contributed by atoms with Crippen LogP contribution >= 0.6 is 0 Å². The first-order valence-electron chi connectivity index (χ1n) is 6.72. The predicted octanol–water partition coefficient (Wildman–Crippen LogP) is 2.91. The summed E-state index contributed by atoms with van der Waals surface area (Å²) in [7, 11) is -3.68. The van der Waals surface area contributed by atoms with Crippen LogP contribution in [0, 0.1) is 13.8 Å². The summed E-state index contributed by atoms with van der Waals surface area (Å²) in [5, 5.41) is 6.82. The summed E-state index contributed by atoms with van der Waals surface area (Å²) in [6, 6.07) is 5.12. The van der Waals surface area contributed by atoms with Crippen molar-refractivity contribution < 1.29 is 12.9 Å². The van der Waals surface area contributed by atoms with Crippen LogP contribution < -0.4 is 10.0 Å². The van der Waals surface area contributed by atoms with Gasteiger partial charge in [-0.05, 0) is 43.5 Å². The second-order valence-corrected chi connectivity index (χ2v) is 6.48. The van der Waals surface area contributed by atoms with Gasteiger partial charge in [-0.2, -0.15) is 0 Å². The Labute approximate surface area is 124 Å². The Morgan fingerprint density at radius 1 is 1.24 bits per heavy atom. The molecule has 1 aromatic heterocycles. The van der Waals surface area contributed by atoms with Crippen molar-refractivity contribution in [1.29, 1.82) is 0 Å². The van der Waals surface area contributed by atoms with Crippen LogP contribution in [-0.4, -0.2) is 20.1 Å². The molecule has 2 N–H and O–H groups in total. The molecule has 1 aromatic carbocycles. The monoisotopic (exact) mass is 309 g/mol. The van der Waals surface area contributed by atoms with Crippen molar-refractivity contribution >= 4 is 21.5 Å². The zero-order chi connectivity index (χ0) is 15.5. The number of sulfonamides is 1. The molecule has 0 aliphatic heterocycles. The molecule has 0 amide bonds. The fourth-order valence-corrected chi connectivity index (χ4v) is 3.65. The Bertz CT molecular complexity index is 686. The minimum atomic E-state index is -3.68. The molecule has 0 saturated carbocycles. The Morgan fingerprint density at radius 3 is 2.43 bits per heavy atom. The summed E-state index contributed by atoms with van der Waals surface area (Å²) in [5.41, 5.74) is 2.29. The normalized spacial score (nSPS) is 11.4. The molecule has 0 fully saturated rings. The van der Waals surface area contributed by atoms with Crippen molar-refractivity contribution in [2.45, 2.75) is 32.1 Å². The summed E-state index contributed by atoms with van der Waals surface area (Å²) in [6.07, 6.45) is 2.32. The van der Waals surface area contributed by atoms with Crippen molar-refractivity contribution in [3.63, 3.8) is 0 Å². The molecular weight excluding hydrogens is 290 g/mol. The summed E-state index contributed by atoms with van der Waals surface area (Å²) >= 11 is 0. The van der Waals surface area contributed by atoms with Gasteiger partial charge in [0.05, 0.1) is 4.90 Å². The first kappa shape index (κ1) is 15.4. The van der Waals surface area contributed by atoms with Gasteiger partial charge < -0.3 is 9.84 Å². The standard InChI is InChI=1S/C14H19N3O3S/c1-4-6-15-12-8-10(2)14(11(3)9-12)21(18,19)17-13-5-7-20-16-13/h5,7-9,15H,4,6H2,1-3H3,(H,16,17). The number of hydrogen-bond donors (Lipinski definition) is 2. The third-order valence-electron chi connectivity index (χ3n) is 2.98. The Kier molecular flexibility index (Phi) is 4.52. The molecule has 0 radical (unpaired) electrons. The molecule has 0 saturated heterocycles. The average Bonchev–Trinajstić information content (AvgIpc) is 2.87. The minimum absolute atomic E-state index is 0.169. The van der Waals surface area contributed by atoms with E-state index in [4.69, 9.17) is 0 Å². The molecule has 2 aromatic rings. The van der Waals surface area contributed by atoms with Crippen molar-refractivity contribution in [3.8, 4) is 0 Å². The van der Waals surface area contributed by atoms with Gasteiger partial charge in [-0.25, -0.2) is 8.42 Å². The van der Waals surface area contributed by atoms with E-state index in [0.717, 1.165) is 18.7 Å². The SMILES string of the molecule is CCCNc1cc(C)c(S(=O)(=O)Nc2ccon2)c(C)c1. The highest BCUT2D eigenvalue weighted by molar-refractivity contribution is 7.92. The number of benzene rings is 1. The lowest BCUT2D eigenvalue weighted by atomic mass is 10.1. The molecule has 0 unspecified atom stereocenters. The molecule has 0 spiro atoms. The van der Waals surface area contributed by atoms with E-state index in [1.54, 1.807) is 13.8 Å². The zero-order valence-electron chi connectivity index (χ0n) is 12.3. The highest BCUT2D eigenvalue weighted by Crippen LogP contribution is 2.26. The van der Waals surface area contributed by atoms with Crippen LogP contribution in [0.4, 0.5) is 11.5 Å². The predicted molar refractivity (Wildman–Crippen MR) is 82.0 cm³/mol. The molecule has 7 heteroatoms. The minimum Gasteiger partial charge on any atom is -0.385 e. The highest BCUT2D eigenvalue weighted by atomic mass is 32.2. The molecule has 1 heterocycles. The molecule has 114 valence electrons. The average molecular weight is 309 g/mol. The third kappa shape index (κ3) is 3.55. The molecule has 0 aliphatic carbocycles. The van der Waals surface area contributed by atoms with E-state index in [-0.39, 0.29) is 10.7 Å². The van der Waals surface area contributed by atoms with Crippen LogP contribution in [0.3, 0.4) is 0 Å². The van der Waals surface area contributed by atoms with Gasteiger partial charge >= 0.3 is 0 Å². The first-order chi connectivity index (χ1) is 9.94. The molecule has 0 bridgehead atoms. The number of nitrogens with zero attached hydrogens (tertiary/aromatic N) is 1. The quantitative estimate of drug-likeness (QED) is 0.857. The van der Waals surface area contributed by atoms with E-state index in [9.17, 15) is 8.42 Å². The van der Waals surface area contributed by atoms with Gasteiger partial charge in [0.1, 0.15) is 6.26 Å². The lowest BCUT2D eigenvalue weighted by molar-refractivity contribution is 0.423. The van der Waals surface area contributed by atoms with E-state index in [1.165, 1.54) is 12.3 Å². The molecule has 2 rings (SSSR count). The summed E-state index contributed by atoms with van der Waals surface area (Å²) in [4.78, 5) is 0.271. The van der Waals surface area contributed by atoms with Gasteiger partial charge in [-0.3, -0.25) is 4.72 Å². The van der Waals surface area contributed by atoms with Crippen molar-refractivity contribution in [2.24, 2.45) is 0 Å². The summed E-state index contributed by atoms with van der Waals surface area (Å²) in [5.74, 6) is 0.169. The molecule has 21 heavy (non-hydrogen) atoms. The first-order valence-corrected chi connectivity index (χ1v) is 8.20. The zero-order valence-corrected chi connectivity index (χ0v) is 13.1. The largest absolute Gasteiger partial charge is 0.385 e. The Balaban J connectivity index is 2.35. The van der Waals surface area contributed by atoms with Gasteiger partial charge in [0, 0.05) is 18.3 Å². The highest BCUT2D eigenvalue weighted by Gasteiger charge is 2.21. The summed E-state index contributed by atoms with van der Waals surface area (Å²) < 4.78 is 31.9. The van der Waals surface area contributed by atoms with Gasteiger partial charge in [0.15, 0.2) is 5.82 Å². The molecule has 6 nitrogen and oxygen atoms in total. The Morgan fingerprint density at radius 2 is 1.90 bits per heavy atom. The molecule has 0 atom stereocenters. The fraction of sp³-hybridized carbons (Fsp3) is 0.357. The van der Waals surface area contributed by atoms with Crippen LogP contribution in [0.15, 0.2) is 33.9 Å². The Hall–Kier alpha value is -2.02. The van der Waals surface area contributed by atoms with E-state index >= 15 is 0 Å². The smallest absolute Gasteiger partial charge is 0.263 e. The van der Waals surface area contributed by atoms with Crippen molar-refractivity contribution in [3.05, 3.63) is 35.6 Å². The van der Waals surface area contributed by atoms with Gasteiger partial charge in [0.25, 0.3) is 10.0 Å². The number of anilines is 2. The van der Waals surface area contributed by atoms with Gasteiger partial charge in [-0.1, -0.05) is 12.1 Å². The van der Waals surface area contributed by atoms with Crippen LogP contribution in [-0.2, 0) is 10.0 Å². The van der Waals surface area contributed by atoms with Crippen LogP contribution in [0.2, 0.25) is 0 Å². The molecular formula is C14H19N3O3S. The fourth-order valence-electron chi connectivity index (χ4n) is 2.20. The maximum atomic E-state index is 12.5. The van der Waals surface area contributed by atoms with E-state index in [2.05, 4.69) is 26.6 Å². The van der Waals surface area contributed by atoms with Crippen LogP contribution in [0.5, 0.6) is 0 Å². The summed E-state index contributed by atoms with van der Waals surface area (Å²) in [6.45, 7) is 6.48. The van der Waals surface area contributed by atoms with E-state index < -0.39 is 10.0 Å². The maximum absolute atomic E-state index is 12.5. The maximum Gasteiger partial charge on any atom is 0.263 e. The number of aromatic nitrogens is 1. The number of aryl methyl sites for hydroxylation is 2. The number of hydrogen-bond acceptors (Lipinski definition) is 5. The second kappa shape index (κ2) is 6.17. The lowest BCUT2D eigenvalue weighted by Gasteiger charge is -2.14. The van der Waals surface area contributed by atoms with Crippen molar-refractivity contribution in [1.82, 2.24) is 5.16 Å². The van der Waals surface area contributed by atoms with Crippen LogP contribution in [0.25, 0.3) is 0 Å². The third-order valence-corrected chi connectivity index (χ3v) is 4.64. The van der Waals surface area contributed by atoms with Crippen LogP contribution in [0.1, 0.15) is 24.5 Å². The second-order valence-electron chi connectivity index (χ2n) is 4.86. The molecule has 0 aliphatic rings. The topological polar surface area (TPSA) is 84.2 Å². The van der Waals surface area contributed by atoms with Gasteiger partial charge in [-0.15, -0.1) is 0 Å². The number of nitrogens with one attached hydrogen (secondary N) is 2. The number of rotatable bonds is 6. The van der Waals surface area contributed by atoms with Crippen molar-refractivity contribution in [2.75, 3.05) is 16.6 Å². The lowest BCUT2D eigenvalue weighted by Crippen LogP contribution is -2.16. The van der Waals surface area contributed by atoms with E-state index in [1.807, 2.05) is 12.1 Å². The van der Waals surface area contributed by atoms with Gasteiger partial charge in [0.2, 0.25) is 0 Å².